The van der Waals surface area contributed by atoms with Gasteiger partial charge in [0.25, 0.3) is 0 Å². The zero-order chi connectivity index (χ0) is 29.5. The molecule has 3 rings (SSSR count). The van der Waals surface area contributed by atoms with Crippen LogP contribution in [0.4, 0.5) is 29.3 Å². The molecule has 40 heavy (non-hydrogen) atoms. The molecule has 0 aliphatic carbocycles. The summed E-state index contributed by atoms with van der Waals surface area (Å²) in [7, 11) is 0. The number of ketones is 1. The molecule has 0 atom stereocenters. The predicted octanol–water partition coefficient (Wildman–Crippen LogP) is 7.11. The van der Waals surface area contributed by atoms with Gasteiger partial charge in [0.05, 0.1) is 30.0 Å². The van der Waals surface area contributed by atoms with Crippen LogP contribution >= 0.6 is 0 Å². The van der Waals surface area contributed by atoms with Crippen molar-refractivity contribution in [3.05, 3.63) is 72.1 Å². The number of amides is 2. The van der Waals surface area contributed by atoms with Crippen LogP contribution in [-0.4, -0.2) is 35.0 Å². The number of alkyl halides is 3. The molecule has 0 bridgehead atoms. The molecule has 8 nitrogen and oxygen atoms in total. The van der Waals surface area contributed by atoms with Gasteiger partial charge in [0.15, 0.2) is 5.78 Å². The lowest BCUT2D eigenvalue weighted by atomic mass is 10.0. The molecule has 0 radical (unpaired) electrons. The zero-order valence-electron chi connectivity index (χ0n) is 22.5. The van der Waals surface area contributed by atoms with Crippen molar-refractivity contribution >= 4 is 29.2 Å². The smallest absolute Gasteiger partial charge is 0.420 e. The standard InChI is InChI=1S/C29H30F3N3O5/c1-5-12-39-25-15-23(35-27(38)40-28(2,3)4)22(14-21(25)29(30,31)32)34-26(37)16-24(36)19-9-6-8-18(13-19)20-10-7-11-33-17-20/h6-11,13-15,17H,5,12,16H2,1-4H3,(H,34,37)(H,35,38). The molecule has 2 aromatic carbocycles. The first kappa shape index (κ1) is 30.1. The fourth-order valence-corrected chi connectivity index (χ4v) is 3.60. The Balaban J connectivity index is 1.89. The van der Waals surface area contributed by atoms with Crippen LogP contribution in [-0.2, 0) is 15.7 Å². The van der Waals surface area contributed by atoms with Gasteiger partial charge in [0.2, 0.25) is 5.91 Å². The molecule has 1 aromatic heterocycles. The van der Waals surface area contributed by atoms with Crippen molar-refractivity contribution in [2.24, 2.45) is 0 Å². The minimum Gasteiger partial charge on any atom is -0.493 e. The second kappa shape index (κ2) is 12.6. The Hall–Kier alpha value is -4.41. The van der Waals surface area contributed by atoms with E-state index in [2.05, 4.69) is 15.6 Å². The maximum absolute atomic E-state index is 13.9. The van der Waals surface area contributed by atoms with Crippen LogP contribution in [0.15, 0.2) is 60.9 Å². The molecule has 0 fully saturated rings. The molecule has 0 aliphatic rings. The van der Waals surface area contributed by atoms with E-state index in [-0.39, 0.29) is 23.5 Å². The van der Waals surface area contributed by atoms with Crippen molar-refractivity contribution in [3.8, 4) is 16.9 Å². The minimum atomic E-state index is -4.82. The molecule has 0 spiro atoms. The average molecular weight is 558 g/mol. The first-order valence-corrected chi connectivity index (χ1v) is 12.5. The largest absolute Gasteiger partial charge is 0.493 e. The van der Waals surface area contributed by atoms with Crippen LogP contribution in [0, 0.1) is 0 Å². The fraction of sp³-hybridized carbons (Fsp3) is 0.310. The SMILES string of the molecule is CCCOc1cc(NC(=O)OC(C)(C)C)c(NC(=O)CC(=O)c2cccc(-c3cccnc3)c2)cc1C(F)(F)F. The second-order valence-electron chi connectivity index (χ2n) is 9.84. The molecule has 1 heterocycles. The molecule has 2 amide bonds. The van der Waals surface area contributed by atoms with Crippen LogP contribution in [0.5, 0.6) is 5.75 Å². The van der Waals surface area contributed by atoms with Gasteiger partial charge < -0.3 is 14.8 Å². The summed E-state index contributed by atoms with van der Waals surface area (Å²) in [6.45, 7) is 6.57. The van der Waals surface area contributed by atoms with Crippen LogP contribution in [0.2, 0.25) is 0 Å². The number of Topliss-reactive ketones (excluding diaryl/α,β-unsaturated/α-hetero) is 1. The van der Waals surface area contributed by atoms with Gasteiger partial charge in [-0.2, -0.15) is 13.2 Å². The Labute approximate surface area is 229 Å². The van der Waals surface area contributed by atoms with E-state index in [0.29, 0.717) is 18.1 Å². The van der Waals surface area contributed by atoms with E-state index in [9.17, 15) is 27.6 Å². The van der Waals surface area contributed by atoms with Gasteiger partial charge >= 0.3 is 12.3 Å². The van der Waals surface area contributed by atoms with E-state index in [0.717, 1.165) is 11.6 Å². The lowest BCUT2D eigenvalue weighted by Crippen LogP contribution is -2.28. The molecular weight excluding hydrogens is 527 g/mol. The quantitative estimate of drug-likeness (QED) is 0.214. The minimum absolute atomic E-state index is 0.00667. The number of nitrogens with one attached hydrogen (secondary N) is 2. The monoisotopic (exact) mass is 557 g/mol. The summed E-state index contributed by atoms with van der Waals surface area (Å²) < 4.78 is 52.1. The highest BCUT2D eigenvalue weighted by atomic mass is 19.4. The van der Waals surface area contributed by atoms with Crippen molar-refractivity contribution in [3.63, 3.8) is 0 Å². The van der Waals surface area contributed by atoms with Crippen LogP contribution in [0.25, 0.3) is 11.1 Å². The Morgan fingerprint density at radius 1 is 0.925 bits per heavy atom. The summed E-state index contributed by atoms with van der Waals surface area (Å²) in [5, 5.41) is 4.69. The third kappa shape index (κ3) is 8.55. The number of hydrogen-bond donors (Lipinski definition) is 2. The predicted molar refractivity (Wildman–Crippen MR) is 144 cm³/mol. The summed E-state index contributed by atoms with van der Waals surface area (Å²) in [4.78, 5) is 42.2. The number of nitrogens with zero attached hydrogens (tertiary/aromatic N) is 1. The number of aromatic nitrogens is 1. The van der Waals surface area contributed by atoms with Crippen LogP contribution < -0.4 is 15.4 Å². The van der Waals surface area contributed by atoms with E-state index in [1.165, 1.54) is 6.07 Å². The van der Waals surface area contributed by atoms with E-state index < -0.39 is 47.3 Å². The number of pyridine rings is 1. The summed E-state index contributed by atoms with van der Waals surface area (Å²) in [6.07, 6.45) is -2.75. The lowest BCUT2D eigenvalue weighted by molar-refractivity contribution is -0.139. The molecule has 0 saturated carbocycles. The van der Waals surface area contributed by atoms with Crippen molar-refractivity contribution < 1.29 is 37.0 Å². The highest BCUT2D eigenvalue weighted by Crippen LogP contribution is 2.41. The number of anilines is 2. The first-order valence-electron chi connectivity index (χ1n) is 12.5. The number of rotatable bonds is 9. The molecule has 2 N–H and O–H groups in total. The van der Waals surface area contributed by atoms with Gasteiger partial charge in [-0.25, -0.2) is 4.79 Å². The Kier molecular flexibility index (Phi) is 9.51. The van der Waals surface area contributed by atoms with Crippen molar-refractivity contribution in [2.45, 2.75) is 52.3 Å². The van der Waals surface area contributed by atoms with Crippen LogP contribution in [0.3, 0.4) is 0 Å². The average Bonchev–Trinajstić information content (AvgIpc) is 2.87. The Morgan fingerprint density at radius 2 is 1.62 bits per heavy atom. The molecule has 3 aromatic rings. The third-order valence-electron chi connectivity index (χ3n) is 5.30. The van der Waals surface area contributed by atoms with E-state index in [1.54, 1.807) is 64.4 Å². The Morgan fingerprint density at radius 3 is 2.25 bits per heavy atom. The maximum Gasteiger partial charge on any atom is 0.420 e. The molecule has 0 unspecified atom stereocenters. The van der Waals surface area contributed by atoms with E-state index in [1.807, 2.05) is 6.07 Å². The number of benzene rings is 2. The first-order chi connectivity index (χ1) is 18.8. The van der Waals surface area contributed by atoms with Gasteiger partial charge in [0.1, 0.15) is 11.4 Å². The molecule has 0 aliphatic heterocycles. The highest BCUT2D eigenvalue weighted by molar-refractivity contribution is 6.12. The zero-order valence-corrected chi connectivity index (χ0v) is 22.5. The fourth-order valence-electron chi connectivity index (χ4n) is 3.60. The van der Waals surface area contributed by atoms with Crippen molar-refractivity contribution in [2.75, 3.05) is 17.2 Å². The van der Waals surface area contributed by atoms with Crippen molar-refractivity contribution in [1.82, 2.24) is 4.98 Å². The summed E-state index contributed by atoms with van der Waals surface area (Å²) >= 11 is 0. The molecule has 11 heteroatoms. The third-order valence-corrected chi connectivity index (χ3v) is 5.30. The van der Waals surface area contributed by atoms with Gasteiger partial charge in [-0.1, -0.05) is 31.2 Å². The Bertz CT molecular complexity index is 1370. The number of hydrogen-bond acceptors (Lipinski definition) is 6. The highest BCUT2D eigenvalue weighted by Gasteiger charge is 2.36. The number of carbonyl (C=O) groups excluding carboxylic acids is 3. The topological polar surface area (TPSA) is 107 Å². The number of ether oxygens (including phenoxy) is 2. The number of carbonyl (C=O) groups is 3. The summed E-state index contributed by atoms with van der Waals surface area (Å²) in [6, 6.07) is 11.8. The van der Waals surface area contributed by atoms with Crippen molar-refractivity contribution in [1.29, 1.82) is 0 Å². The summed E-state index contributed by atoms with van der Waals surface area (Å²) in [5.41, 5.74) is -0.885. The summed E-state index contributed by atoms with van der Waals surface area (Å²) in [5.74, 6) is -1.95. The van der Waals surface area contributed by atoms with Gasteiger partial charge in [-0.15, -0.1) is 0 Å². The van der Waals surface area contributed by atoms with Gasteiger partial charge in [-0.3, -0.25) is 19.9 Å². The van der Waals surface area contributed by atoms with E-state index in [4.69, 9.17) is 9.47 Å². The second-order valence-corrected chi connectivity index (χ2v) is 9.84. The normalized spacial score (nSPS) is 11.5. The van der Waals surface area contributed by atoms with Gasteiger partial charge in [0, 0.05) is 29.6 Å². The number of halogens is 3. The lowest BCUT2D eigenvalue weighted by Gasteiger charge is -2.22. The maximum atomic E-state index is 13.9. The van der Waals surface area contributed by atoms with E-state index >= 15 is 0 Å². The van der Waals surface area contributed by atoms with Gasteiger partial charge in [-0.05, 0) is 51.0 Å². The molecule has 0 saturated heterocycles. The molecule has 212 valence electrons. The van der Waals surface area contributed by atoms with Crippen LogP contribution in [0.1, 0.15) is 56.5 Å². The molecular formula is C29H30F3N3O5.